The standard InChI is InChI=1S/C26H33ClN4O2S/c1-20(2)34(32,33)31-14-12-30(13-15-31)25-8-5-22(6-9-25)4-7-24-16-23(17-26(27)21(24)3)18-29-11-10-28-19-29/h4-11,16-17,19-21,26H,12-15,18H2,1-3H3. The lowest BCUT2D eigenvalue weighted by Crippen LogP contribution is -2.50. The molecule has 182 valence electrons. The zero-order valence-corrected chi connectivity index (χ0v) is 21.6. The molecule has 1 aromatic heterocycles. The van der Waals surface area contributed by atoms with Gasteiger partial charge in [-0.1, -0.05) is 43.4 Å². The van der Waals surface area contributed by atoms with Crippen LogP contribution in [0.15, 0.2) is 72.4 Å². The van der Waals surface area contributed by atoms with Gasteiger partial charge in [0.1, 0.15) is 0 Å². The highest BCUT2D eigenvalue weighted by molar-refractivity contribution is 7.89. The molecule has 1 fully saturated rings. The average Bonchev–Trinajstić information content (AvgIpc) is 3.34. The molecule has 1 aliphatic carbocycles. The first-order valence-corrected chi connectivity index (χ1v) is 13.7. The van der Waals surface area contributed by atoms with E-state index in [2.05, 4.69) is 65.4 Å². The van der Waals surface area contributed by atoms with E-state index in [1.807, 2.05) is 17.1 Å². The lowest BCUT2D eigenvalue weighted by molar-refractivity contribution is 0.381. The minimum Gasteiger partial charge on any atom is -0.369 e. The largest absolute Gasteiger partial charge is 0.369 e. The van der Waals surface area contributed by atoms with Crippen molar-refractivity contribution in [2.75, 3.05) is 31.1 Å². The molecule has 2 unspecified atom stereocenters. The van der Waals surface area contributed by atoms with Gasteiger partial charge in [-0.2, -0.15) is 4.31 Å². The highest BCUT2D eigenvalue weighted by atomic mass is 35.5. The molecule has 34 heavy (non-hydrogen) atoms. The van der Waals surface area contributed by atoms with E-state index in [0.717, 1.165) is 17.8 Å². The van der Waals surface area contributed by atoms with Crippen molar-refractivity contribution in [1.29, 1.82) is 0 Å². The summed E-state index contributed by atoms with van der Waals surface area (Å²) < 4.78 is 28.5. The zero-order valence-electron chi connectivity index (χ0n) is 20.0. The third kappa shape index (κ3) is 5.65. The summed E-state index contributed by atoms with van der Waals surface area (Å²) in [6, 6.07) is 8.44. The second-order valence-electron chi connectivity index (χ2n) is 9.26. The highest BCUT2D eigenvalue weighted by Gasteiger charge is 2.29. The SMILES string of the molecule is CC1C(C=Cc2ccc(N3CCN(S(=O)(=O)C(C)C)CC3)cc2)=CC(Cn2ccnc2)=CC1Cl. The number of anilines is 1. The Hall–Kier alpha value is -2.35. The number of hydrogen-bond acceptors (Lipinski definition) is 4. The normalized spacial score (nSPS) is 22.3. The molecule has 1 aliphatic heterocycles. The summed E-state index contributed by atoms with van der Waals surface area (Å²) in [5.41, 5.74) is 4.64. The molecule has 2 heterocycles. The molecule has 0 spiro atoms. The fourth-order valence-corrected chi connectivity index (χ4v) is 5.88. The summed E-state index contributed by atoms with van der Waals surface area (Å²) in [6.07, 6.45) is 14.2. The van der Waals surface area contributed by atoms with E-state index in [1.54, 1.807) is 24.3 Å². The van der Waals surface area contributed by atoms with Gasteiger partial charge in [0.05, 0.1) is 17.0 Å². The number of sulfonamides is 1. The number of hydrogen-bond donors (Lipinski definition) is 0. The summed E-state index contributed by atoms with van der Waals surface area (Å²) in [4.78, 5) is 6.36. The smallest absolute Gasteiger partial charge is 0.216 e. The Bertz CT molecular complexity index is 1160. The molecular formula is C26H33ClN4O2S. The first-order valence-electron chi connectivity index (χ1n) is 11.8. The van der Waals surface area contributed by atoms with Crippen LogP contribution in [0.5, 0.6) is 0 Å². The van der Waals surface area contributed by atoms with Crippen molar-refractivity contribution < 1.29 is 8.42 Å². The molecule has 2 atom stereocenters. The van der Waals surface area contributed by atoms with E-state index in [4.69, 9.17) is 11.6 Å². The molecule has 1 saturated heterocycles. The number of allylic oxidation sites excluding steroid dienone is 5. The number of imidazole rings is 1. The number of rotatable bonds is 7. The maximum absolute atomic E-state index is 12.4. The second-order valence-corrected chi connectivity index (χ2v) is 12.3. The molecule has 0 saturated carbocycles. The van der Waals surface area contributed by atoms with Gasteiger partial charge in [-0.25, -0.2) is 13.4 Å². The highest BCUT2D eigenvalue weighted by Crippen LogP contribution is 2.30. The first-order chi connectivity index (χ1) is 16.2. The van der Waals surface area contributed by atoms with E-state index >= 15 is 0 Å². The summed E-state index contributed by atoms with van der Waals surface area (Å²) in [5.74, 6) is 0.238. The third-order valence-electron chi connectivity index (χ3n) is 6.57. The average molecular weight is 501 g/mol. The molecule has 0 bridgehead atoms. The topological polar surface area (TPSA) is 58.4 Å². The number of halogens is 1. The molecule has 6 nitrogen and oxygen atoms in total. The van der Waals surface area contributed by atoms with Gasteiger partial charge in [-0.3, -0.25) is 0 Å². The maximum atomic E-state index is 12.4. The van der Waals surface area contributed by atoms with Gasteiger partial charge in [0.15, 0.2) is 0 Å². The number of piperazine rings is 1. The molecule has 0 N–H and O–H groups in total. The Morgan fingerprint density at radius 1 is 1.12 bits per heavy atom. The van der Waals surface area contributed by atoms with E-state index < -0.39 is 10.0 Å². The second kappa shape index (κ2) is 10.5. The predicted molar refractivity (Wildman–Crippen MR) is 141 cm³/mol. The zero-order chi connectivity index (χ0) is 24.3. The number of benzene rings is 1. The van der Waals surface area contributed by atoms with Crippen LogP contribution in [0.4, 0.5) is 5.69 Å². The van der Waals surface area contributed by atoms with Crippen molar-refractivity contribution in [3.63, 3.8) is 0 Å². The lowest BCUT2D eigenvalue weighted by atomic mass is 9.88. The van der Waals surface area contributed by atoms with Crippen LogP contribution in [-0.4, -0.2) is 59.1 Å². The predicted octanol–water partition coefficient (Wildman–Crippen LogP) is 4.57. The summed E-state index contributed by atoms with van der Waals surface area (Å²) >= 11 is 6.62. The molecule has 2 aromatic rings. The molecule has 0 amide bonds. The number of alkyl halides is 1. The van der Waals surface area contributed by atoms with Crippen molar-refractivity contribution in [2.45, 2.75) is 37.9 Å². The van der Waals surface area contributed by atoms with Crippen molar-refractivity contribution in [3.8, 4) is 0 Å². The fourth-order valence-electron chi connectivity index (χ4n) is 4.30. The van der Waals surface area contributed by atoms with Gasteiger partial charge in [0.2, 0.25) is 10.0 Å². The minimum atomic E-state index is -3.18. The van der Waals surface area contributed by atoms with Crippen molar-refractivity contribution in [3.05, 3.63) is 77.9 Å². The molecule has 0 radical (unpaired) electrons. The van der Waals surface area contributed by atoms with E-state index in [-0.39, 0.29) is 16.5 Å². The van der Waals surface area contributed by atoms with Crippen LogP contribution in [0.25, 0.3) is 6.08 Å². The van der Waals surface area contributed by atoms with Crippen molar-refractivity contribution >= 4 is 33.4 Å². The van der Waals surface area contributed by atoms with Crippen LogP contribution in [0.1, 0.15) is 26.3 Å². The van der Waals surface area contributed by atoms with Crippen LogP contribution >= 0.6 is 11.6 Å². The van der Waals surface area contributed by atoms with Gasteiger partial charge in [-0.15, -0.1) is 11.6 Å². The van der Waals surface area contributed by atoms with Crippen LogP contribution < -0.4 is 4.90 Å². The van der Waals surface area contributed by atoms with Gasteiger partial charge in [0, 0.05) is 56.7 Å². The Morgan fingerprint density at radius 2 is 1.82 bits per heavy atom. The van der Waals surface area contributed by atoms with E-state index in [1.165, 1.54) is 11.1 Å². The van der Waals surface area contributed by atoms with Crippen molar-refractivity contribution in [2.24, 2.45) is 5.92 Å². The monoisotopic (exact) mass is 500 g/mol. The molecule has 1 aromatic carbocycles. The first kappa shape index (κ1) is 24.8. The fraction of sp³-hybridized carbons (Fsp3) is 0.423. The molecular weight excluding hydrogens is 468 g/mol. The minimum absolute atomic E-state index is 0.0382. The molecule has 4 rings (SSSR count). The van der Waals surface area contributed by atoms with E-state index in [0.29, 0.717) is 26.2 Å². The molecule has 8 heteroatoms. The van der Waals surface area contributed by atoms with Gasteiger partial charge in [0.25, 0.3) is 0 Å². The van der Waals surface area contributed by atoms with Crippen LogP contribution in [0, 0.1) is 5.92 Å². The van der Waals surface area contributed by atoms with Crippen LogP contribution in [0.3, 0.4) is 0 Å². The maximum Gasteiger partial charge on any atom is 0.216 e. The Morgan fingerprint density at radius 3 is 2.44 bits per heavy atom. The Labute approximate surface area is 208 Å². The van der Waals surface area contributed by atoms with Gasteiger partial charge < -0.3 is 9.47 Å². The molecule has 2 aliphatic rings. The number of nitrogens with zero attached hydrogens (tertiary/aromatic N) is 4. The van der Waals surface area contributed by atoms with Gasteiger partial charge >= 0.3 is 0 Å². The summed E-state index contributed by atoms with van der Waals surface area (Å²) in [5, 5.41) is -0.414. The van der Waals surface area contributed by atoms with Crippen LogP contribution in [-0.2, 0) is 16.6 Å². The van der Waals surface area contributed by atoms with Crippen molar-refractivity contribution in [1.82, 2.24) is 13.9 Å². The third-order valence-corrected chi connectivity index (χ3v) is 9.35. The van der Waals surface area contributed by atoms with E-state index in [9.17, 15) is 8.42 Å². The number of aromatic nitrogens is 2. The quantitative estimate of drug-likeness (QED) is 0.523. The lowest BCUT2D eigenvalue weighted by Gasteiger charge is -2.36. The Kier molecular flexibility index (Phi) is 7.65. The summed E-state index contributed by atoms with van der Waals surface area (Å²) in [7, 11) is -3.18. The van der Waals surface area contributed by atoms with Gasteiger partial charge in [-0.05, 0) is 42.7 Å². The Balaban J connectivity index is 1.39. The van der Waals surface area contributed by atoms with Crippen LogP contribution in [0.2, 0.25) is 0 Å². The summed E-state index contributed by atoms with van der Waals surface area (Å²) in [6.45, 7) is 8.85.